The van der Waals surface area contributed by atoms with Gasteiger partial charge in [0.2, 0.25) is 0 Å². The van der Waals surface area contributed by atoms with Crippen molar-refractivity contribution >= 4 is 33.3 Å². The first-order chi connectivity index (χ1) is 9.97. The Morgan fingerprint density at radius 1 is 1.29 bits per heavy atom. The van der Waals surface area contributed by atoms with Crippen molar-refractivity contribution in [1.29, 1.82) is 0 Å². The quantitative estimate of drug-likeness (QED) is 0.395. The van der Waals surface area contributed by atoms with Crippen LogP contribution in [0.25, 0.3) is 0 Å². The predicted octanol–water partition coefficient (Wildman–Crippen LogP) is 3.30. The SMILES string of the molecule is Nc1ccc([N+](=O)[O-])cc1C(=O)OCc1cccc(Br)c1. The maximum absolute atomic E-state index is 12.0. The molecule has 0 bridgehead atoms. The number of nitro groups is 1. The summed E-state index contributed by atoms with van der Waals surface area (Å²) in [6.07, 6.45) is 0. The smallest absolute Gasteiger partial charge is 0.340 e. The first kappa shape index (κ1) is 15.0. The first-order valence-electron chi connectivity index (χ1n) is 5.93. The lowest BCUT2D eigenvalue weighted by Gasteiger charge is -2.07. The van der Waals surface area contributed by atoms with Gasteiger partial charge in [-0.2, -0.15) is 0 Å². The molecule has 2 rings (SSSR count). The Labute approximate surface area is 128 Å². The van der Waals surface area contributed by atoms with Crippen LogP contribution in [0.2, 0.25) is 0 Å². The summed E-state index contributed by atoms with van der Waals surface area (Å²) in [5.41, 5.74) is 6.36. The van der Waals surface area contributed by atoms with Crippen molar-refractivity contribution in [3.05, 3.63) is 68.2 Å². The third-order valence-corrected chi connectivity index (χ3v) is 3.22. The Balaban J connectivity index is 2.13. The number of nitrogens with two attached hydrogens (primary N) is 1. The van der Waals surface area contributed by atoms with E-state index in [1.165, 1.54) is 12.1 Å². The summed E-state index contributed by atoms with van der Waals surface area (Å²) in [6.45, 7) is 0.0560. The van der Waals surface area contributed by atoms with Crippen LogP contribution >= 0.6 is 15.9 Å². The number of ether oxygens (including phenoxy) is 1. The Morgan fingerprint density at radius 3 is 2.71 bits per heavy atom. The Bertz CT molecular complexity index is 703. The average Bonchev–Trinajstić information content (AvgIpc) is 2.45. The summed E-state index contributed by atoms with van der Waals surface area (Å²) in [5, 5.41) is 10.7. The van der Waals surface area contributed by atoms with Crippen molar-refractivity contribution in [2.45, 2.75) is 6.61 Å². The molecule has 0 aliphatic carbocycles. The van der Waals surface area contributed by atoms with Gasteiger partial charge in [0.1, 0.15) is 6.61 Å². The second kappa shape index (κ2) is 6.36. The molecule has 0 atom stereocenters. The van der Waals surface area contributed by atoms with Gasteiger partial charge in [0.05, 0.1) is 10.5 Å². The highest BCUT2D eigenvalue weighted by Crippen LogP contribution is 2.21. The van der Waals surface area contributed by atoms with Gasteiger partial charge in [0.15, 0.2) is 0 Å². The van der Waals surface area contributed by atoms with Crippen LogP contribution in [0.1, 0.15) is 15.9 Å². The number of hydrogen-bond donors (Lipinski definition) is 1. The average molecular weight is 351 g/mol. The lowest BCUT2D eigenvalue weighted by Crippen LogP contribution is -2.09. The van der Waals surface area contributed by atoms with E-state index in [0.29, 0.717) is 0 Å². The second-order valence-electron chi connectivity index (χ2n) is 4.23. The van der Waals surface area contributed by atoms with E-state index in [0.717, 1.165) is 16.1 Å². The molecular weight excluding hydrogens is 340 g/mol. The number of nitrogens with zero attached hydrogens (tertiary/aromatic N) is 1. The standard InChI is InChI=1S/C14H11BrN2O4/c15-10-3-1-2-9(6-10)8-21-14(18)12-7-11(17(19)20)4-5-13(12)16/h1-7H,8,16H2. The number of rotatable bonds is 4. The van der Waals surface area contributed by atoms with Crippen LogP contribution in [0.5, 0.6) is 0 Å². The van der Waals surface area contributed by atoms with Gasteiger partial charge in [-0.3, -0.25) is 10.1 Å². The van der Waals surface area contributed by atoms with Gasteiger partial charge < -0.3 is 10.5 Å². The van der Waals surface area contributed by atoms with E-state index in [1.54, 1.807) is 6.07 Å². The first-order valence-corrected chi connectivity index (χ1v) is 6.72. The number of hydrogen-bond acceptors (Lipinski definition) is 5. The van der Waals surface area contributed by atoms with Crippen LogP contribution in [-0.2, 0) is 11.3 Å². The molecule has 108 valence electrons. The third kappa shape index (κ3) is 3.79. The van der Waals surface area contributed by atoms with Gasteiger partial charge in [-0.25, -0.2) is 4.79 Å². The molecule has 0 amide bonds. The molecule has 2 aromatic carbocycles. The number of carbonyl (C=O) groups excluding carboxylic acids is 1. The predicted molar refractivity (Wildman–Crippen MR) is 80.8 cm³/mol. The van der Waals surface area contributed by atoms with E-state index >= 15 is 0 Å². The van der Waals surface area contributed by atoms with Gasteiger partial charge in [-0.1, -0.05) is 28.1 Å². The number of benzene rings is 2. The molecule has 6 nitrogen and oxygen atoms in total. The van der Waals surface area contributed by atoms with Crippen LogP contribution in [0.15, 0.2) is 46.9 Å². The van der Waals surface area contributed by atoms with Crippen molar-refractivity contribution in [3.8, 4) is 0 Å². The molecule has 0 heterocycles. The van der Waals surface area contributed by atoms with Gasteiger partial charge in [-0.15, -0.1) is 0 Å². The lowest BCUT2D eigenvalue weighted by atomic mass is 10.1. The zero-order valence-corrected chi connectivity index (χ0v) is 12.4. The number of carbonyl (C=O) groups is 1. The third-order valence-electron chi connectivity index (χ3n) is 2.73. The van der Waals surface area contributed by atoms with Crippen molar-refractivity contribution in [3.63, 3.8) is 0 Å². The molecule has 0 spiro atoms. The molecule has 0 saturated heterocycles. The van der Waals surface area contributed by atoms with E-state index < -0.39 is 10.9 Å². The fourth-order valence-corrected chi connectivity index (χ4v) is 2.13. The largest absolute Gasteiger partial charge is 0.457 e. The van der Waals surface area contributed by atoms with Crippen molar-refractivity contribution < 1.29 is 14.5 Å². The Morgan fingerprint density at radius 2 is 2.05 bits per heavy atom. The van der Waals surface area contributed by atoms with Crippen molar-refractivity contribution in [1.82, 2.24) is 0 Å². The van der Waals surface area contributed by atoms with Crippen LogP contribution in [0.3, 0.4) is 0 Å². The fraction of sp³-hybridized carbons (Fsp3) is 0.0714. The van der Waals surface area contributed by atoms with Crippen molar-refractivity contribution in [2.75, 3.05) is 5.73 Å². The molecule has 0 saturated carbocycles. The number of halogens is 1. The number of nitrogen functional groups attached to an aromatic ring is 1. The number of nitro benzene ring substituents is 1. The topological polar surface area (TPSA) is 95.5 Å². The molecule has 0 aliphatic heterocycles. The van der Waals surface area contributed by atoms with E-state index in [4.69, 9.17) is 10.5 Å². The van der Waals surface area contributed by atoms with Crippen molar-refractivity contribution in [2.24, 2.45) is 0 Å². The zero-order chi connectivity index (χ0) is 15.4. The molecule has 2 N–H and O–H groups in total. The minimum absolute atomic E-state index is 0.0146. The summed E-state index contributed by atoms with van der Waals surface area (Å²) < 4.78 is 5.99. The minimum atomic E-state index is -0.698. The molecule has 7 heteroatoms. The summed E-state index contributed by atoms with van der Waals surface area (Å²) in [6, 6.07) is 10.9. The number of anilines is 1. The van der Waals surface area contributed by atoms with E-state index in [9.17, 15) is 14.9 Å². The highest BCUT2D eigenvalue weighted by molar-refractivity contribution is 9.10. The molecule has 0 aliphatic rings. The van der Waals surface area contributed by atoms with Crippen LogP contribution in [0.4, 0.5) is 11.4 Å². The summed E-state index contributed by atoms with van der Waals surface area (Å²) in [7, 11) is 0. The molecule has 21 heavy (non-hydrogen) atoms. The second-order valence-corrected chi connectivity index (χ2v) is 5.15. The van der Waals surface area contributed by atoms with Gasteiger partial charge in [-0.05, 0) is 23.8 Å². The van der Waals surface area contributed by atoms with Crippen LogP contribution in [0, 0.1) is 10.1 Å². The molecule has 0 unspecified atom stereocenters. The zero-order valence-electron chi connectivity index (χ0n) is 10.8. The molecule has 2 aromatic rings. The van der Waals surface area contributed by atoms with E-state index in [-0.39, 0.29) is 23.5 Å². The molecule has 0 aromatic heterocycles. The van der Waals surface area contributed by atoms with Gasteiger partial charge >= 0.3 is 5.97 Å². The molecule has 0 radical (unpaired) electrons. The highest BCUT2D eigenvalue weighted by Gasteiger charge is 2.16. The fourth-order valence-electron chi connectivity index (χ4n) is 1.69. The van der Waals surface area contributed by atoms with Gasteiger partial charge in [0.25, 0.3) is 5.69 Å². The highest BCUT2D eigenvalue weighted by atomic mass is 79.9. The normalized spacial score (nSPS) is 10.1. The number of non-ortho nitro benzene ring substituents is 1. The van der Waals surface area contributed by atoms with Gasteiger partial charge in [0, 0.05) is 22.3 Å². The maximum Gasteiger partial charge on any atom is 0.340 e. The number of esters is 1. The molecule has 0 fully saturated rings. The molecular formula is C14H11BrN2O4. The summed E-state index contributed by atoms with van der Waals surface area (Å²) in [4.78, 5) is 22.1. The van der Waals surface area contributed by atoms with E-state index in [2.05, 4.69) is 15.9 Å². The summed E-state index contributed by atoms with van der Waals surface area (Å²) in [5.74, 6) is -0.698. The Hall–Kier alpha value is -2.41. The minimum Gasteiger partial charge on any atom is -0.457 e. The van der Waals surface area contributed by atoms with Crippen LogP contribution < -0.4 is 5.73 Å². The van der Waals surface area contributed by atoms with E-state index in [1.807, 2.05) is 18.2 Å². The maximum atomic E-state index is 12.0. The monoisotopic (exact) mass is 350 g/mol. The lowest BCUT2D eigenvalue weighted by molar-refractivity contribution is -0.384. The Kier molecular flexibility index (Phi) is 4.54. The summed E-state index contributed by atoms with van der Waals surface area (Å²) >= 11 is 3.32. The van der Waals surface area contributed by atoms with Crippen LogP contribution in [-0.4, -0.2) is 10.9 Å².